The molecule has 0 radical (unpaired) electrons. The predicted octanol–water partition coefficient (Wildman–Crippen LogP) is 1.87. The minimum Gasteiger partial charge on any atom is -0.192 e. The molecular formula is C8H7N. The van der Waals surface area contributed by atoms with Crippen LogP contribution < -0.4 is 0 Å². The van der Waals surface area contributed by atoms with E-state index in [1.54, 1.807) is 0 Å². The van der Waals surface area contributed by atoms with Crippen LogP contribution in [0.3, 0.4) is 0 Å². The van der Waals surface area contributed by atoms with Crippen molar-refractivity contribution in [3.63, 3.8) is 0 Å². The van der Waals surface area contributed by atoms with E-state index in [4.69, 9.17) is 14.9 Å². The van der Waals surface area contributed by atoms with Crippen molar-refractivity contribution >= 4 is 0 Å². The maximum absolute atomic E-state index is 8.75. The van der Waals surface area contributed by atoms with Crippen LogP contribution in [0.25, 0.3) is 0 Å². The van der Waals surface area contributed by atoms with E-state index >= 15 is 0 Å². The Kier molecular flexibility index (Phi) is 0.414. The molecule has 1 aromatic carbocycles. The average Bonchev–Trinajstić information content (AvgIpc) is 2.18. The van der Waals surface area contributed by atoms with Gasteiger partial charge in [-0.25, -0.2) is 0 Å². The van der Waals surface area contributed by atoms with E-state index in [-0.39, 0.29) is 0 Å². The van der Waals surface area contributed by atoms with Gasteiger partial charge in [-0.1, -0.05) is 18.1 Å². The fourth-order valence-electron chi connectivity index (χ4n) is 0.396. The number of nitrogens with zero attached hydrogens (tertiary/aromatic N) is 1. The van der Waals surface area contributed by atoms with Gasteiger partial charge in [0.15, 0.2) is 0 Å². The lowest BCUT2D eigenvalue weighted by Gasteiger charge is -1.90. The molecule has 9 heavy (non-hydrogen) atoms. The third-order valence-electron chi connectivity index (χ3n) is 0.799. The molecule has 0 aromatic heterocycles. The first-order valence-electron chi connectivity index (χ1n) is 5.72. The summed E-state index contributed by atoms with van der Waals surface area (Å²) in [6, 6.07) is -1.04. The highest BCUT2D eigenvalue weighted by atomic mass is 14.2. The molecule has 0 heterocycles. The molecule has 0 atom stereocenters. The van der Waals surface area contributed by atoms with Crippen LogP contribution in [-0.2, 0) is 0 Å². The molecule has 0 aliphatic carbocycles. The zero-order valence-corrected chi connectivity index (χ0v) is 4.45. The molecule has 0 aliphatic rings. The summed E-state index contributed by atoms with van der Waals surface area (Å²) in [6.45, 7) is -2.73. The molecule has 0 saturated carbocycles. The quantitative estimate of drug-likeness (QED) is 0.518. The normalized spacial score (nSPS) is 21.0. The summed E-state index contributed by atoms with van der Waals surface area (Å²) in [4.78, 5) is 0. The fourth-order valence-corrected chi connectivity index (χ4v) is 0.396. The van der Waals surface area contributed by atoms with E-state index in [0.29, 0.717) is 0 Å². The van der Waals surface area contributed by atoms with Crippen molar-refractivity contribution in [2.45, 2.75) is 6.85 Å². The van der Waals surface area contributed by atoms with E-state index in [1.807, 2.05) is 0 Å². The highest BCUT2D eigenvalue weighted by Gasteiger charge is 1.89. The maximum atomic E-state index is 8.75. The molecule has 44 valence electrons. The lowest BCUT2D eigenvalue weighted by molar-refractivity contribution is 1.39. The van der Waals surface area contributed by atoms with Crippen molar-refractivity contribution in [3.05, 3.63) is 35.3 Å². The summed E-state index contributed by atoms with van der Waals surface area (Å²) in [5.41, 5.74) is -1.15. The van der Waals surface area contributed by atoms with Gasteiger partial charge in [-0.2, -0.15) is 5.26 Å². The van der Waals surface area contributed by atoms with Gasteiger partial charge in [0.2, 0.25) is 0 Å². The average molecular weight is 124 g/mol. The van der Waals surface area contributed by atoms with Gasteiger partial charge in [0.05, 0.1) is 17.1 Å². The van der Waals surface area contributed by atoms with Crippen LogP contribution in [0.1, 0.15) is 20.7 Å². The molecule has 0 N–H and O–H groups in total. The Balaban J connectivity index is 3.81. The molecule has 0 unspecified atom stereocenters. The van der Waals surface area contributed by atoms with Crippen molar-refractivity contribution in [2.24, 2.45) is 0 Å². The monoisotopic (exact) mass is 124 g/mol. The lowest BCUT2D eigenvalue weighted by Crippen LogP contribution is -1.77. The first-order chi connectivity index (χ1) is 7.21. The Morgan fingerprint density at radius 3 is 3.11 bits per heavy atom. The second-order valence-electron chi connectivity index (χ2n) is 1.36. The van der Waals surface area contributed by atoms with Gasteiger partial charge in [-0.05, 0) is 18.5 Å². The molecule has 1 nitrogen and oxygen atoms in total. The first-order valence-corrected chi connectivity index (χ1v) is 2.22. The highest BCUT2D eigenvalue weighted by molar-refractivity contribution is 5.35. The predicted molar refractivity (Wildman–Crippen MR) is 35.9 cm³/mol. The van der Waals surface area contributed by atoms with Crippen molar-refractivity contribution in [2.75, 3.05) is 0 Å². The van der Waals surface area contributed by atoms with E-state index in [9.17, 15) is 0 Å². The van der Waals surface area contributed by atoms with Crippen molar-refractivity contribution < 1.29 is 9.60 Å². The minimum absolute atomic E-state index is 0.522. The Bertz CT molecular complexity index is 483. The minimum atomic E-state index is -2.73. The smallest absolute Gasteiger partial charge is 0.0994 e. The second kappa shape index (κ2) is 2.32. The van der Waals surface area contributed by atoms with Crippen LogP contribution in [-0.4, -0.2) is 0 Å². The lowest BCUT2D eigenvalue weighted by atomic mass is 10.1. The van der Waals surface area contributed by atoms with Crippen molar-refractivity contribution in [3.8, 4) is 6.07 Å². The zero-order chi connectivity index (χ0) is 12.7. The van der Waals surface area contributed by atoms with E-state index in [1.165, 1.54) is 6.07 Å². The number of nitriles is 1. The molecule has 0 amide bonds. The van der Waals surface area contributed by atoms with Crippen LogP contribution in [0.15, 0.2) is 24.2 Å². The van der Waals surface area contributed by atoms with E-state index in [0.717, 1.165) is 0 Å². The molecule has 0 fully saturated rings. The summed E-state index contributed by atoms with van der Waals surface area (Å²) in [5, 5.41) is 8.75. The summed E-state index contributed by atoms with van der Waals surface area (Å²) in [7, 11) is 0. The number of hydrogen-bond acceptors (Lipinski definition) is 1. The first kappa shape index (κ1) is 1.60. The maximum Gasteiger partial charge on any atom is 0.0994 e. The van der Waals surface area contributed by atoms with Crippen molar-refractivity contribution in [1.29, 1.82) is 5.26 Å². The third kappa shape index (κ3) is 1.09. The van der Waals surface area contributed by atoms with E-state index in [2.05, 4.69) is 0 Å². The molecule has 0 spiro atoms. The number of rotatable bonds is 0. The molecule has 0 saturated heterocycles. The van der Waals surface area contributed by atoms with Crippen LogP contribution >= 0.6 is 0 Å². The largest absolute Gasteiger partial charge is 0.192 e. The Labute approximate surface area is 64.4 Å². The topological polar surface area (TPSA) is 23.8 Å². The van der Waals surface area contributed by atoms with Gasteiger partial charge in [0.25, 0.3) is 0 Å². The second-order valence-corrected chi connectivity index (χ2v) is 1.36. The van der Waals surface area contributed by atoms with Gasteiger partial charge in [0.1, 0.15) is 0 Å². The van der Waals surface area contributed by atoms with Crippen LogP contribution in [0.2, 0.25) is 0 Å². The zero-order valence-electron chi connectivity index (χ0n) is 11.4. The highest BCUT2D eigenvalue weighted by Crippen LogP contribution is 2.03. The summed E-state index contributed by atoms with van der Waals surface area (Å²) >= 11 is 0. The SMILES string of the molecule is [2H]c1c([2H])c([2H])c(C([2H])([2H])[2H])c(C#N)c1[2H]. The van der Waals surface area contributed by atoms with Gasteiger partial charge in [-0.3, -0.25) is 0 Å². The molecule has 1 heteroatoms. The van der Waals surface area contributed by atoms with Gasteiger partial charge in [-0.15, -0.1) is 0 Å². The van der Waals surface area contributed by atoms with E-state index < -0.39 is 42.1 Å². The number of benzene rings is 1. The Morgan fingerprint density at radius 1 is 1.67 bits per heavy atom. The van der Waals surface area contributed by atoms with Crippen molar-refractivity contribution in [1.82, 2.24) is 0 Å². The van der Waals surface area contributed by atoms with Gasteiger partial charge >= 0.3 is 0 Å². The fraction of sp³-hybridized carbons (Fsp3) is 0.125. The molecule has 0 aliphatic heterocycles. The van der Waals surface area contributed by atoms with Crippen LogP contribution in [0, 0.1) is 18.2 Å². The summed E-state index contributed by atoms with van der Waals surface area (Å²) in [5.74, 6) is 0. The molecular weight excluding hydrogens is 110 g/mol. The van der Waals surface area contributed by atoms with Gasteiger partial charge in [0, 0.05) is 4.11 Å². The van der Waals surface area contributed by atoms with Gasteiger partial charge < -0.3 is 0 Å². The Morgan fingerprint density at radius 2 is 2.44 bits per heavy atom. The number of hydrogen-bond donors (Lipinski definition) is 0. The standard InChI is InChI=1S/C8H7N/c1-7-4-2-3-5-8(7)6-9/h2-5H,1H3/i1D3,2D,3D,4D,5D. The Hall–Kier alpha value is -1.29. The third-order valence-corrected chi connectivity index (χ3v) is 0.799. The molecule has 0 bridgehead atoms. The molecule has 1 rings (SSSR count). The van der Waals surface area contributed by atoms with Crippen LogP contribution in [0.5, 0.6) is 0 Å². The van der Waals surface area contributed by atoms with Crippen LogP contribution in [0.4, 0.5) is 0 Å². The molecule has 1 aromatic rings. The summed E-state index contributed by atoms with van der Waals surface area (Å²) < 4.78 is 50.9. The summed E-state index contributed by atoms with van der Waals surface area (Å²) in [6.07, 6.45) is 0.